The first-order valence-electron chi connectivity index (χ1n) is 7.74. The van der Waals surface area contributed by atoms with Crippen molar-refractivity contribution in [3.63, 3.8) is 0 Å². The minimum Gasteiger partial charge on any atom is -0.421 e. The monoisotopic (exact) mass is 454 g/mol. The molecule has 0 unspecified atom stereocenters. The van der Waals surface area contributed by atoms with Crippen LogP contribution in [-0.4, -0.2) is 71.7 Å². The molecule has 0 rings (SSSR count). The van der Waals surface area contributed by atoms with Crippen LogP contribution >= 0.6 is 0 Å². The van der Waals surface area contributed by atoms with Crippen LogP contribution in [0.15, 0.2) is 0 Å². The van der Waals surface area contributed by atoms with Gasteiger partial charge < -0.3 is 13.3 Å². The lowest BCUT2D eigenvalue weighted by Crippen LogP contribution is -2.49. The summed E-state index contributed by atoms with van der Waals surface area (Å²) in [7, 11) is -13.4. The molecule has 166 valence electrons. The molecule has 0 aliphatic heterocycles. The van der Waals surface area contributed by atoms with Crippen LogP contribution in [0.3, 0.4) is 0 Å². The Morgan fingerprint density at radius 3 is 1.33 bits per heavy atom. The minimum absolute atomic E-state index is 0.778. The van der Waals surface area contributed by atoms with E-state index >= 15 is 0 Å². The molecule has 0 atom stereocenters. The standard InChI is InChI=1S/C10H24NO.C2F6NO4S2/c1-5-11(6-2,7-3)9-10-12-8-4;3-1(4,5)14(10,11)9-15(12,13)2(6,7)8/h5-10H2,1-4H3;/q+1;-1. The molecule has 15 heteroatoms. The molecular formula is C12H24F6N2O5S2. The van der Waals surface area contributed by atoms with Gasteiger partial charge in [-0.3, -0.25) is 0 Å². The summed E-state index contributed by atoms with van der Waals surface area (Å²) in [6.45, 7) is 15.4. The molecule has 0 aromatic carbocycles. The predicted octanol–water partition coefficient (Wildman–Crippen LogP) is 2.96. The van der Waals surface area contributed by atoms with Crippen LogP contribution in [0.4, 0.5) is 26.3 Å². The van der Waals surface area contributed by atoms with Gasteiger partial charge in [-0.05, 0) is 27.7 Å². The number of nitrogens with zero attached hydrogens (tertiary/aromatic N) is 2. The zero-order valence-electron chi connectivity index (χ0n) is 15.3. The molecule has 0 aromatic heterocycles. The van der Waals surface area contributed by atoms with Crippen molar-refractivity contribution in [2.45, 2.75) is 38.7 Å². The van der Waals surface area contributed by atoms with Crippen molar-refractivity contribution in [3.8, 4) is 0 Å². The summed E-state index contributed by atoms with van der Waals surface area (Å²) >= 11 is 0. The van der Waals surface area contributed by atoms with Crippen molar-refractivity contribution < 1.29 is 52.4 Å². The Bertz CT molecular complexity index is 577. The zero-order valence-corrected chi connectivity index (χ0v) is 16.9. The average molecular weight is 454 g/mol. The predicted molar refractivity (Wildman–Crippen MR) is 86.6 cm³/mol. The molecule has 0 aliphatic carbocycles. The highest BCUT2D eigenvalue weighted by atomic mass is 32.3. The smallest absolute Gasteiger partial charge is 0.421 e. The number of hydrogen-bond acceptors (Lipinski definition) is 5. The quantitative estimate of drug-likeness (QED) is 0.304. The van der Waals surface area contributed by atoms with Crippen LogP contribution < -0.4 is 0 Å². The van der Waals surface area contributed by atoms with Gasteiger partial charge in [0.25, 0.3) is 0 Å². The molecule has 0 fully saturated rings. The maximum Gasteiger partial charge on any atom is 0.480 e. The molecule has 0 bridgehead atoms. The van der Waals surface area contributed by atoms with E-state index < -0.39 is 31.1 Å². The average Bonchev–Trinajstić information content (AvgIpc) is 2.50. The van der Waals surface area contributed by atoms with Gasteiger partial charge in [0, 0.05) is 6.61 Å². The normalized spacial score (nSPS) is 13.9. The second kappa shape index (κ2) is 10.8. The Labute approximate surface area is 155 Å². The van der Waals surface area contributed by atoms with Crippen molar-refractivity contribution in [1.82, 2.24) is 0 Å². The lowest BCUT2D eigenvalue weighted by atomic mass is 10.3. The van der Waals surface area contributed by atoms with Gasteiger partial charge in [-0.25, -0.2) is 16.8 Å². The topological polar surface area (TPSA) is 91.6 Å². The Balaban J connectivity index is 0. The third kappa shape index (κ3) is 9.40. The van der Waals surface area contributed by atoms with Crippen molar-refractivity contribution >= 4 is 20.0 Å². The van der Waals surface area contributed by atoms with Gasteiger partial charge in [-0.2, -0.15) is 26.3 Å². The van der Waals surface area contributed by atoms with E-state index in [1.165, 1.54) is 24.1 Å². The van der Waals surface area contributed by atoms with E-state index in [2.05, 4.69) is 27.7 Å². The Kier molecular flexibility index (Phi) is 11.4. The van der Waals surface area contributed by atoms with E-state index in [-0.39, 0.29) is 0 Å². The number of halogens is 6. The first kappa shape index (κ1) is 28.6. The lowest BCUT2D eigenvalue weighted by molar-refractivity contribution is -0.923. The number of ether oxygens (including phenoxy) is 1. The second-order valence-corrected chi connectivity index (χ2v) is 8.55. The molecular weight excluding hydrogens is 430 g/mol. The van der Waals surface area contributed by atoms with Crippen LogP contribution in [0.5, 0.6) is 0 Å². The SMILES string of the molecule is CCOCC[N+](CC)(CC)CC.O=S(=O)([N-]S(=O)(=O)C(F)(F)F)C(F)(F)F. The van der Waals surface area contributed by atoms with Gasteiger partial charge in [-0.15, -0.1) is 0 Å². The van der Waals surface area contributed by atoms with Crippen LogP contribution in [0.2, 0.25) is 0 Å². The summed E-state index contributed by atoms with van der Waals surface area (Å²) in [5.74, 6) is 0. The molecule has 0 amide bonds. The van der Waals surface area contributed by atoms with Crippen LogP contribution in [0, 0.1) is 0 Å². The zero-order chi connectivity index (χ0) is 22.2. The summed E-state index contributed by atoms with van der Waals surface area (Å²) in [5, 5.41) is 0. The van der Waals surface area contributed by atoms with E-state index in [1.54, 1.807) is 0 Å². The number of likely N-dealkylation sites (N-methyl/N-ethyl adjacent to an activating group) is 1. The second-order valence-electron chi connectivity index (χ2n) is 5.13. The van der Waals surface area contributed by atoms with Gasteiger partial charge in [-0.1, -0.05) is 0 Å². The number of rotatable bonds is 9. The van der Waals surface area contributed by atoms with Crippen molar-refractivity contribution in [3.05, 3.63) is 4.13 Å². The van der Waals surface area contributed by atoms with Crippen molar-refractivity contribution in [2.24, 2.45) is 0 Å². The summed E-state index contributed by atoms with van der Waals surface area (Å²) in [6, 6.07) is 0. The number of alkyl halides is 6. The van der Waals surface area contributed by atoms with Gasteiger partial charge in [0.15, 0.2) is 20.0 Å². The number of sulfonamides is 2. The minimum atomic E-state index is -6.72. The Morgan fingerprint density at radius 1 is 0.778 bits per heavy atom. The van der Waals surface area contributed by atoms with Crippen molar-refractivity contribution in [1.29, 1.82) is 0 Å². The first-order chi connectivity index (χ1) is 11.9. The number of hydrogen-bond donors (Lipinski definition) is 0. The molecule has 0 saturated carbocycles. The largest absolute Gasteiger partial charge is 0.480 e. The summed E-state index contributed by atoms with van der Waals surface area (Å²) in [4.78, 5) is 0. The highest BCUT2D eigenvalue weighted by molar-refractivity contribution is 8.13. The maximum absolute atomic E-state index is 11.4. The molecule has 0 heterocycles. The van der Waals surface area contributed by atoms with Gasteiger partial charge in [0.05, 0.1) is 26.2 Å². The Hall–Kier alpha value is -0.640. The summed E-state index contributed by atoms with van der Waals surface area (Å²) in [6.07, 6.45) is 0. The molecule has 0 aliphatic rings. The van der Waals surface area contributed by atoms with Gasteiger partial charge >= 0.3 is 11.0 Å². The summed E-state index contributed by atoms with van der Waals surface area (Å²) < 4.78 is 116. The van der Waals surface area contributed by atoms with Crippen LogP contribution in [0.1, 0.15) is 27.7 Å². The maximum atomic E-state index is 11.4. The molecule has 0 saturated heterocycles. The molecule has 0 aromatic rings. The Morgan fingerprint density at radius 2 is 1.11 bits per heavy atom. The van der Waals surface area contributed by atoms with Crippen LogP contribution in [0.25, 0.3) is 4.13 Å². The van der Waals surface area contributed by atoms with Gasteiger partial charge in [0.2, 0.25) is 0 Å². The fourth-order valence-corrected chi connectivity index (χ4v) is 3.47. The molecule has 27 heavy (non-hydrogen) atoms. The van der Waals surface area contributed by atoms with E-state index in [0.29, 0.717) is 0 Å². The van der Waals surface area contributed by atoms with Crippen LogP contribution in [-0.2, 0) is 24.8 Å². The fraction of sp³-hybridized carbons (Fsp3) is 1.00. The third-order valence-electron chi connectivity index (χ3n) is 3.71. The highest BCUT2D eigenvalue weighted by Crippen LogP contribution is 2.36. The highest BCUT2D eigenvalue weighted by Gasteiger charge is 2.46. The van der Waals surface area contributed by atoms with E-state index in [4.69, 9.17) is 4.74 Å². The number of quaternary nitrogens is 1. The van der Waals surface area contributed by atoms with E-state index in [1.807, 2.05) is 0 Å². The van der Waals surface area contributed by atoms with E-state index in [0.717, 1.165) is 23.9 Å². The third-order valence-corrected chi connectivity index (χ3v) is 6.45. The van der Waals surface area contributed by atoms with Gasteiger partial charge in [0.1, 0.15) is 6.54 Å². The van der Waals surface area contributed by atoms with Crippen molar-refractivity contribution in [2.75, 3.05) is 39.4 Å². The molecule has 0 N–H and O–H groups in total. The summed E-state index contributed by atoms with van der Waals surface area (Å²) in [5.41, 5.74) is -12.4. The molecule has 0 radical (unpaired) electrons. The lowest BCUT2D eigenvalue weighted by Gasteiger charge is -2.35. The molecule has 0 spiro atoms. The molecule has 7 nitrogen and oxygen atoms in total. The fourth-order valence-electron chi connectivity index (χ4n) is 1.76. The first-order valence-corrected chi connectivity index (χ1v) is 10.6. The van der Waals surface area contributed by atoms with E-state index in [9.17, 15) is 43.2 Å².